The molecule has 112 valence electrons. The third kappa shape index (κ3) is 2.28. The molecule has 1 aromatic heterocycles. The molecule has 1 aromatic carbocycles. The molecule has 0 spiro atoms. The number of rotatable bonds is 4. The van der Waals surface area contributed by atoms with Gasteiger partial charge in [-0.25, -0.2) is 4.79 Å². The Morgan fingerprint density at radius 2 is 1.77 bits per heavy atom. The maximum Gasteiger partial charge on any atom is 0.374 e. The van der Waals surface area contributed by atoms with E-state index < -0.39 is 5.97 Å². The lowest BCUT2D eigenvalue weighted by Crippen LogP contribution is -2.33. The number of nitrogens with zero attached hydrogens (tertiary/aromatic N) is 1. The average Bonchev–Trinajstić information content (AvgIpc) is 3.05. The number of carbonyl (C=O) groups excluding carboxylic acids is 3. The van der Waals surface area contributed by atoms with Crippen molar-refractivity contribution in [1.29, 1.82) is 0 Å². The number of benzene rings is 1. The van der Waals surface area contributed by atoms with Crippen LogP contribution in [0.4, 0.5) is 0 Å². The van der Waals surface area contributed by atoms with Crippen molar-refractivity contribution in [2.24, 2.45) is 0 Å². The van der Waals surface area contributed by atoms with E-state index in [2.05, 4.69) is 0 Å². The van der Waals surface area contributed by atoms with Crippen LogP contribution in [0.5, 0.6) is 0 Å². The molecule has 6 nitrogen and oxygen atoms in total. The minimum absolute atomic E-state index is 0.0117. The number of aryl methyl sites for hydroxylation is 1. The van der Waals surface area contributed by atoms with Gasteiger partial charge >= 0.3 is 5.97 Å². The minimum Gasteiger partial charge on any atom is -0.458 e. The van der Waals surface area contributed by atoms with Crippen LogP contribution in [-0.2, 0) is 4.74 Å². The molecule has 2 aromatic rings. The van der Waals surface area contributed by atoms with Gasteiger partial charge in [0.1, 0.15) is 6.61 Å². The number of hydrogen-bond donors (Lipinski definition) is 0. The number of furan rings is 1. The summed E-state index contributed by atoms with van der Waals surface area (Å²) < 4.78 is 10.1. The molecule has 2 heterocycles. The van der Waals surface area contributed by atoms with E-state index >= 15 is 0 Å². The summed E-state index contributed by atoms with van der Waals surface area (Å²) in [6.07, 6.45) is 1.40. The Labute approximate surface area is 126 Å². The quantitative estimate of drug-likeness (QED) is 0.638. The number of hydrogen-bond acceptors (Lipinski definition) is 5. The van der Waals surface area contributed by atoms with Gasteiger partial charge in [0, 0.05) is 5.56 Å². The monoisotopic (exact) mass is 299 g/mol. The number of amides is 2. The van der Waals surface area contributed by atoms with Crippen molar-refractivity contribution >= 4 is 17.8 Å². The van der Waals surface area contributed by atoms with E-state index in [0.717, 1.165) is 4.90 Å². The van der Waals surface area contributed by atoms with E-state index in [0.29, 0.717) is 16.7 Å². The zero-order valence-corrected chi connectivity index (χ0v) is 11.9. The van der Waals surface area contributed by atoms with Gasteiger partial charge in [-0.05, 0) is 25.1 Å². The Bertz CT molecular complexity index is 726. The van der Waals surface area contributed by atoms with Crippen molar-refractivity contribution in [3.63, 3.8) is 0 Å². The van der Waals surface area contributed by atoms with Crippen molar-refractivity contribution in [2.45, 2.75) is 6.92 Å². The highest BCUT2D eigenvalue weighted by Gasteiger charge is 2.34. The summed E-state index contributed by atoms with van der Waals surface area (Å²) in [5, 5.41) is 0. The van der Waals surface area contributed by atoms with Crippen LogP contribution < -0.4 is 0 Å². The molecule has 0 saturated carbocycles. The standard InChI is InChI=1S/C16H13NO5/c1-10-6-8-21-13(10)16(20)22-9-7-17-14(18)11-4-2-3-5-12(11)15(17)19/h2-6,8H,7,9H2,1H3. The molecule has 22 heavy (non-hydrogen) atoms. The molecule has 1 aliphatic rings. The van der Waals surface area contributed by atoms with Crippen molar-refractivity contribution in [2.75, 3.05) is 13.2 Å². The van der Waals surface area contributed by atoms with Crippen molar-refractivity contribution in [3.8, 4) is 0 Å². The highest BCUT2D eigenvalue weighted by molar-refractivity contribution is 6.21. The van der Waals surface area contributed by atoms with Gasteiger partial charge in [0.05, 0.1) is 23.9 Å². The van der Waals surface area contributed by atoms with E-state index in [4.69, 9.17) is 9.15 Å². The fraction of sp³-hybridized carbons (Fsp3) is 0.188. The van der Waals surface area contributed by atoms with Crippen LogP contribution in [0.3, 0.4) is 0 Å². The van der Waals surface area contributed by atoms with Crippen LogP contribution >= 0.6 is 0 Å². The smallest absolute Gasteiger partial charge is 0.374 e. The molecule has 0 unspecified atom stereocenters. The van der Waals surface area contributed by atoms with E-state index in [9.17, 15) is 14.4 Å². The zero-order chi connectivity index (χ0) is 15.7. The molecule has 0 fully saturated rings. The fourth-order valence-electron chi connectivity index (χ4n) is 2.32. The molecule has 0 N–H and O–H groups in total. The molecular weight excluding hydrogens is 286 g/mol. The second-order valence-corrected chi connectivity index (χ2v) is 4.88. The lowest BCUT2D eigenvalue weighted by molar-refractivity contribution is 0.0392. The zero-order valence-electron chi connectivity index (χ0n) is 11.9. The minimum atomic E-state index is -0.612. The molecule has 0 aliphatic carbocycles. The van der Waals surface area contributed by atoms with E-state index in [1.165, 1.54) is 6.26 Å². The summed E-state index contributed by atoms with van der Waals surface area (Å²) in [6, 6.07) is 8.27. The van der Waals surface area contributed by atoms with Crippen LogP contribution in [0.25, 0.3) is 0 Å². The predicted octanol–water partition coefficient (Wildman–Crippen LogP) is 2.04. The summed E-state index contributed by atoms with van der Waals surface area (Å²) in [7, 11) is 0. The van der Waals surface area contributed by atoms with Crippen LogP contribution in [0.1, 0.15) is 36.8 Å². The maximum absolute atomic E-state index is 12.1. The highest BCUT2D eigenvalue weighted by atomic mass is 16.5. The lowest BCUT2D eigenvalue weighted by atomic mass is 10.1. The first kappa shape index (κ1) is 14.1. The van der Waals surface area contributed by atoms with Crippen LogP contribution in [0.2, 0.25) is 0 Å². The van der Waals surface area contributed by atoms with Gasteiger partial charge in [0.25, 0.3) is 11.8 Å². The summed E-state index contributed by atoms with van der Waals surface area (Å²) in [6.45, 7) is 1.66. The van der Waals surface area contributed by atoms with E-state index in [-0.39, 0.29) is 30.7 Å². The average molecular weight is 299 g/mol. The SMILES string of the molecule is Cc1ccoc1C(=O)OCCN1C(=O)c2ccccc2C1=O. The van der Waals surface area contributed by atoms with Gasteiger partial charge in [-0.3, -0.25) is 14.5 Å². The van der Waals surface area contributed by atoms with E-state index in [1.54, 1.807) is 37.3 Å². The maximum atomic E-state index is 12.1. The fourth-order valence-corrected chi connectivity index (χ4v) is 2.32. The molecule has 2 amide bonds. The Kier molecular flexibility index (Phi) is 3.50. The number of imide groups is 1. The number of esters is 1. The Morgan fingerprint density at radius 3 is 2.32 bits per heavy atom. The van der Waals surface area contributed by atoms with Crippen LogP contribution in [0.15, 0.2) is 41.0 Å². The molecule has 0 bridgehead atoms. The first-order chi connectivity index (χ1) is 10.6. The normalized spacial score (nSPS) is 13.4. The van der Waals surface area contributed by atoms with Crippen LogP contribution in [0, 0.1) is 6.92 Å². The van der Waals surface area contributed by atoms with Crippen molar-refractivity contribution in [1.82, 2.24) is 4.90 Å². The Morgan fingerprint density at radius 1 is 1.14 bits per heavy atom. The highest BCUT2D eigenvalue weighted by Crippen LogP contribution is 2.22. The summed E-state index contributed by atoms with van der Waals surface area (Å²) in [4.78, 5) is 37.1. The van der Waals surface area contributed by atoms with Crippen molar-refractivity contribution < 1.29 is 23.5 Å². The summed E-state index contributed by atoms with van der Waals surface area (Å²) in [5.74, 6) is -1.22. The molecule has 6 heteroatoms. The number of fused-ring (bicyclic) bond motifs is 1. The first-order valence-electron chi connectivity index (χ1n) is 6.76. The van der Waals surface area contributed by atoms with Crippen molar-refractivity contribution in [3.05, 3.63) is 59.0 Å². The summed E-state index contributed by atoms with van der Waals surface area (Å²) >= 11 is 0. The molecule has 3 rings (SSSR count). The first-order valence-corrected chi connectivity index (χ1v) is 6.76. The molecule has 0 atom stereocenters. The molecule has 0 radical (unpaired) electrons. The largest absolute Gasteiger partial charge is 0.458 e. The predicted molar refractivity (Wildman–Crippen MR) is 75.5 cm³/mol. The third-order valence-electron chi connectivity index (χ3n) is 3.47. The van der Waals surface area contributed by atoms with Gasteiger partial charge in [0.2, 0.25) is 5.76 Å². The number of ether oxygens (including phenoxy) is 1. The second-order valence-electron chi connectivity index (χ2n) is 4.88. The Hall–Kier alpha value is -2.89. The lowest BCUT2D eigenvalue weighted by Gasteiger charge is -2.13. The van der Waals surface area contributed by atoms with Gasteiger partial charge in [-0.2, -0.15) is 0 Å². The van der Waals surface area contributed by atoms with Gasteiger partial charge in [-0.15, -0.1) is 0 Å². The number of carbonyl (C=O) groups is 3. The topological polar surface area (TPSA) is 76.8 Å². The molecule has 0 saturated heterocycles. The van der Waals surface area contributed by atoms with Gasteiger partial charge in [-0.1, -0.05) is 12.1 Å². The third-order valence-corrected chi connectivity index (χ3v) is 3.47. The Balaban J connectivity index is 1.62. The summed E-state index contributed by atoms with van der Waals surface area (Å²) in [5.41, 5.74) is 1.42. The van der Waals surface area contributed by atoms with E-state index in [1.807, 2.05) is 0 Å². The molecular formula is C16H13NO5. The van der Waals surface area contributed by atoms with Gasteiger partial charge in [0.15, 0.2) is 0 Å². The van der Waals surface area contributed by atoms with Crippen LogP contribution in [-0.4, -0.2) is 35.8 Å². The molecule has 1 aliphatic heterocycles. The van der Waals surface area contributed by atoms with Gasteiger partial charge < -0.3 is 9.15 Å². The second kappa shape index (κ2) is 5.48.